The van der Waals surface area contributed by atoms with Crippen LogP contribution in [0, 0.1) is 22.0 Å². The van der Waals surface area contributed by atoms with E-state index in [0.29, 0.717) is 5.92 Å². The van der Waals surface area contributed by atoms with E-state index in [-0.39, 0.29) is 24.5 Å². The van der Waals surface area contributed by atoms with Crippen molar-refractivity contribution in [3.8, 4) is 28.0 Å². The summed E-state index contributed by atoms with van der Waals surface area (Å²) in [5.41, 5.74) is 2.02. The molecule has 1 aliphatic carbocycles. The zero-order valence-electron chi connectivity index (χ0n) is 24.6. The fourth-order valence-electron chi connectivity index (χ4n) is 6.04. The van der Waals surface area contributed by atoms with Gasteiger partial charge in [0, 0.05) is 35.9 Å². The molecule has 43 heavy (non-hydrogen) atoms. The third kappa shape index (κ3) is 7.42. The normalized spacial score (nSPS) is 20.8. The number of nitrogens with zero attached hydrogens (tertiary/aromatic N) is 4. The third-order valence-electron chi connectivity index (χ3n) is 8.54. The van der Waals surface area contributed by atoms with Crippen LogP contribution in [0.15, 0.2) is 42.7 Å². The van der Waals surface area contributed by atoms with Crippen LogP contribution in [0.25, 0.3) is 10.4 Å². The molecule has 1 atom stereocenters. The molecule has 3 aliphatic rings. The molecule has 1 unspecified atom stereocenters. The highest BCUT2D eigenvalue weighted by Gasteiger charge is 2.36. The Hall–Kier alpha value is -3.36. The van der Waals surface area contributed by atoms with Crippen LogP contribution in [0.1, 0.15) is 79.8 Å². The SMILES string of the molecule is CN1CCC(c2ncc(-c3cnc([N+](=O)[O-])c(OCc4cccc(C#CC5(OC6CCCCO6)CCCC5)c4)c3)s2)CC1. The summed E-state index contributed by atoms with van der Waals surface area (Å²) in [5.74, 6) is 7.05. The van der Waals surface area contributed by atoms with Crippen LogP contribution in [-0.2, 0) is 16.1 Å². The Balaban J connectivity index is 1.15. The van der Waals surface area contributed by atoms with Crippen molar-refractivity contribution in [3.63, 3.8) is 0 Å². The van der Waals surface area contributed by atoms with Crippen LogP contribution in [0.2, 0.25) is 0 Å². The molecular weight excluding hydrogens is 564 g/mol. The molecule has 0 amide bonds. The second-order valence-corrected chi connectivity index (χ2v) is 12.9. The number of pyridine rings is 1. The Morgan fingerprint density at radius 1 is 1.12 bits per heavy atom. The lowest BCUT2D eigenvalue weighted by Gasteiger charge is -2.31. The Morgan fingerprint density at radius 2 is 1.95 bits per heavy atom. The summed E-state index contributed by atoms with van der Waals surface area (Å²) in [5, 5.41) is 12.9. The summed E-state index contributed by atoms with van der Waals surface area (Å²) in [4.78, 5) is 23.4. The van der Waals surface area contributed by atoms with E-state index in [1.54, 1.807) is 17.4 Å². The molecule has 6 rings (SSSR count). The number of thiazole rings is 1. The second kappa shape index (κ2) is 13.5. The second-order valence-electron chi connectivity index (χ2n) is 11.8. The molecule has 2 aromatic heterocycles. The number of ether oxygens (including phenoxy) is 3. The van der Waals surface area contributed by atoms with E-state index >= 15 is 0 Å². The Kier molecular flexibility index (Phi) is 9.34. The van der Waals surface area contributed by atoms with E-state index in [2.05, 4.69) is 33.8 Å². The first kappa shape index (κ1) is 29.7. The third-order valence-corrected chi connectivity index (χ3v) is 9.75. The molecule has 4 heterocycles. The van der Waals surface area contributed by atoms with Crippen molar-refractivity contribution in [1.82, 2.24) is 14.9 Å². The number of rotatable bonds is 8. The monoisotopic (exact) mass is 602 g/mol. The number of hydrogen-bond donors (Lipinski definition) is 0. The zero-order valence-corrected chi connectivity index (χ0v) is 25.4. The number of piperidine rings is 1. The molecule has 226 valence electrons. The largest absolute Gasteiger partial charge is 0.481 e. The van der Waals surface area contributed by atoms with Gasteiger partial charge >= 0.3 is 5.82 Å². The predicted molar refractivity (Wildman–Crippen MR) is 165 cm³/mol. The molecular formula is C33H38N4O5S. The maximum atomic E-state index is 11.8. The van der Waals surface area contributed by atoms with Gasteiger partial charge in [0.1, 0.15) is 18.4 Å². The fourth-order valence-corrected chi connectivity index (χ4v) is 7.11. The summed E-state index contributed by atoms with van der Waals surface area (Å²) in [6.45, 7) is 3.03. The Bertz CT molecular complexity index is 1480. The van der Waals surface area contributed by atoms with Gasteiger partial charge in [-0.2, -0.15) is 0 Å². The highest BCUT2D eigenvalue weighted by Crippen LogP contribution is 2.38. The van der Waals surface area contributed by atoms with Crippen LogP contribution < -0.4 is 4.74 Å². The quantitative estimate of drug-likeness (QED) is 0.159. The standard InChI is InChI=1S/C33H38N4O5S/c1-36-16-11-26(12-17-36)32-35-22-29(43-32)27-20-28(31(34-21-27)37(38)39)41-23-25-8-6-7-24(19-25)10-15-33(13-3-4-14-33)42-30-9-2-5-18-40-30/h6-8,19-22,26,30H,2-5,9,11-14,16-18,23H2,1H3. The van der Waals surface area contributed by atoms with Crippen molar-refractivity contribution in [2.45, 2.75) is 82.2 Å². The lowest BCUT2D eigenvalue weighted by molar-refractivity contribution is -0.390. The predicted octanol–water partition coefficient (Wildman–Crippen LogP) is 6.71. The Labute approximate surface area is 256 Å². The minimum atomic E-state index is -0.505. The first-order valence-corrected chi connectivity index (χ1v) is 16.1. The average Bonchev–Trinajstić information content (AvgIpc) is 3.71. The molecule has 2 aliphatic heterocycles. The van der Waals surface area contributed by atoms with Gasteiger partial charge in [-0.05, 0) is 106 Å². The van der Waals surface area contributed by atoms with Crippen LogP contribution in [0.3, 0.4) is 0 Å². The van der Waals surface area contributed by atoms with Gasteiger partial charge < -0.3 is 29.2 Å². The lowest BCUT2D eigenvalue weighted by atomic mass is 9.98. The zero-order chi connectivity index (χ0) is 29.6. The minimum Gasteiger partial charge on any atom is -0.481 e. The van der Waals surface area contributed by atoms with E-state index in [0.717, 1.165) is 104 Å². The molecule has 0 bridgehead atoms. The van der Waals surface area contributed by atoms with Gasteiger partial charge in [-0.1, -0.05) is 24.0 Å². The number of benzene rings is 1. The van der Waals surface area contributed by atoms with E-state index in [9.17, 15) is 10.1 Å². The van der Waals surface area contributed by atoms with Crippen molar-refractivity contribution >= 4 is 17.2 Å². The molecule has 0 spiro atoms. The summed E-state index contributed by atoms with van der Waals surface area (Å²) < 4.78 is 18.3. The number of nitro groups is 1. The van der Waals surface area contributed by atoms with Gasteiger partial charge in [0.05, 0.1) is 9.88 Å². The van der Waals surface area contributed by atoms with E-state index in [4.69, 9.17) is 14.2 Å². The number of likely N-dealkylation sites (tertiary alicyclic amines) is 1. The van der Waals surface area contributed by atoms with E-state index in [1.165, 1.54) is 6.20 Å². The summed E-state index contributed by atoms with van der Waals surface area (Å²) >= 11 is 1.63. The van der Waals surface area contributed by atoms with Gasteiger partial charge in [0.15, 0.2) is 6.29 Å². The van der Waals surface area contributed by atoms with Crippen molar-refractivity contribution in [1.29, 1.82) is 0 Å². The van der Waals surface area contributed by atoms with Gasteiger partial charge in [0.25, 0.3) is 0 Å². The molecule has 1 aromatic carbocycles. The maximum Gasteiger partial charge on any atom is 0.406 e. The lowest BCUT2D eigenvalue weighted by Crippen LogP contribution is -2.35. The number of aromatic nitrogens is 2. The average molecular weight is 603 g/mol. The van der Waals surface area contributed by atoms with Gasteiger partial charge in [-0.15, -0.1) is 11.3 Å². The smallest absolute Gasteiger partial charge is 0.406 e. The van der Waals surface area contributed by atoms with Gasteiger partial charge in [0.2, 0.25) is 5.75 Å². The molecule has 0 N–H and O–H groups in total. The van der Waals surface area contributed by atoms with Gasteiger partial charge in [-0.3, -0.25) is 0 Å². The van der Waals surface area contributed by atoms with E-state index in [1.807, 2.05) is 30.5 Å². The van der Waals surface area contributed by atoms with Crippen molar-refractivity contribution in [2.75, 3.05) is 26.7 Å². The van der Waals surface area contributed by atoms with Crippen molar-refractivity contribution in [3.05, 3.63) is 69.0 Å². The van der Waals surface area contributed by atoms with Crippen molar-refractivity contribution in [2.24, 2.45) is 0 Å². The van der Waals surface area contributed by atoms with Crippen molar-refractivity contribution < 1.29 is 19.1 Å². The van der Waals surface area contributed by atoms with E-state index < -0.39 is 10.5 Å². The maximum absolute atomic E-state index is 11.8. The molecule has 2 saturated heterocycles. The molecule has 1 saturated carbocycles. The highest BCUT2D eigenvalue weighted by molar-refractivity contribution is 7.15. The van der Waals surface area contributed by atoms with Crippen LogP contribution in [-0.4, -0.2) is 58.4 Å². The topological polar surface area (TPSA) is 99.9 Å². The Morgan fingerprint density at radius 3 is 2.72 bits per heavy atom. The number of hydrogen-bond acceptors (Lipinski definition) is 9. The van der Waals surface area contributed by atoms with Crippen LogP contribution in [0.5, 0.6) is 5.75 Å². The van der Waals surface area contributed by atoms with Gasteiger partial charge in [-0.25, -0.2) is 4.98 Å². The first-order valence-electron chi connectivity index (χ1n) is 15.3. The molecule has 3 fully saturated rings. The summed E-state index contributed by atoms with van der Waals surface area (Å²) in [7, 11) is 2.15. The summed E-state index contributed by atoms with van der Waals surface area (Å²) in [6.07, 6.45) is 12.5. The van der Waals surface area contributed by atoms with Crippen LogP contribution >= 0.6 is 11.3 Å². The first-order chi connectivity index (χ1) is 21.0. The highest BCUT2D eigenvalue weighted by atomic mass is 32.1. The molecule has 3 aromatic rings. The molecule has 0 radical (unpaired) electrons. The van der Waals surface area contributed by atoms with Crippen LogP contribution in [0.4, 0.5) is 5.82 Å². The fraction of sp³-hybridized carbons (Fsp3) is 0.515. The molecule has 9 nitrogen and oxygen atoms in total. The molecule has 10 heteroatoms. The summed E-state index contributed by atoms with van der Waals surface area (Å²) in [6, 6.07) is 9.50. The minimum absolute atomic E-state index is 0.138.